The fourth-order valence-corrected chi connectivity index (χ4v) is 8.27. The molecule has 3 fully saturated rings. The molecule has 0 aromatic heterocycles. The highest BCUT2D eigenvalue weighted by Gasteiger charge is 2.69. The number of carbonyl (C=O) groups excluding carboxylic acids is 2. The minimum atomic E-state index is -0.240. The van der Waals surface area contributed by atoms with Gasteiger partial charge >= 0.3 is 0 Å². The molecule has 3 rings (SSSR count). The molecule has 7 nitrogen and oxygen atoms in total. The quantitative estimate of drug-likeness (QED) is 0.133. The number of likely N-dealkylation sites (tertiary alicyclic amines) is 1. The number of terminal acetylenes is 1. The van der Waals surface area contributed by atoms with Crippen LogP contribution in [0.2, 0.25) is 0 Å². The summed E-state index contributed by atoms with van der Waals surface area (Å²) in [4.78, 5) is 28.9. The third kappa shape index (κ3) is 9.04. The van der Waals surface area contributed by atoms with Crippen molar-refractivity contribution in [2.24, 2.45) is 34.0 Å². The lowest BCUT2D eigenvalue weighted by atomic mass is 9.66. The van der Waals surface area contributed by atoms with Crippen LogP contribution in [0, 0.1) is 46.3 Å². The molecule has 0 bridgehead atoms. The molecule has 6 atom stereocenters. The summed E-state index contributed by atoms with van der Waals surface area (Å²) in [6.07, 6.45) is 15.0. The van der Waals surface area contributed by atoms with E-state index in [9.17, 15) is 9.59 Å². The normalized spacial score (nSPS) is 25.0. The van der Waals surface area contributed by atoms with Crippen LogP contribution in [0.5, 0.6) is 0 Å². The van der Waals surface area contributed by atoms with E-state index in [0.717, 1.165) is 43.7 Å². The molecule has 0 spiro atoms. The van der Waals surface area contributed by atoms with Crippen LogP contribution in [0.15, 0.2) is 24.7 Å². The van der Waals surface area contributed by atoms with Crippen molar-refractivity contribution in [2.45, 2.75) is 151 Å². The Bertz CT molecular complexity index is 1120. The molecule has 4 N–H and O–H groups in total. The molecule has 2 saturated carbocycles. The molecule has 46 heavy (non-hydrogen) atoms. The molecule has 7 heteroatoms. The summed E-state index contributed by atoms with van der Waals surface area (Å²) in [5, 5.41) is 13.9. The van der Waals surface area contributed by atoms with Gasteiger partial charge in [-0.05, 0) is 73.0 Å². The van der Waals surface area contributed by atoms with E-state index in [2.05, 4.69) is 94.1 Å². The highest BCUT2D eigenvalue weighted by Crippen LogP contribution is 2.65. The van der Waals surface area contributed by atoms with E-state index in [4.69, 9.17) is 13.0 Å². The summed E-state index contributed by atoms with van der Waals surface area (Å²) in [7, 11) is 0. The molecule has 1 saturated heterocycles. The Kier molecular flexibility index (Phi) is 12.8. The molecular weight excluding hydrogens is 570 g/mol. The topological polar surface area (TPSA) is 85.5 Å². The summed E-state index contributed by atoms with van der Waals surface area (Å²) in [5.74, 6) is 4.86. The molecule has 1 heterocycles. The van der Waals surface area contributed by atoms with E-state index in [1.165, 1.54) is 19.3 Å². The van der Waals surface area contributed by atoms with Gasteiger partial charge in [-0.15, -0.1) is 12.3 Å². The van der Waals surface area contributed by atoms with E-state index in [0.29, 0.717) is 43.6 Å². The maximum Gasteiger partial charge on any atom is 0.243 e. The van der Waals surface area contributed by atoms with Crippen molar-refractivity contribution in [3.8, 4) is 12.3 Å². The van der Waals surface area contributed by atoms with Gasteiger partial charge in [0.2, 0.25) is 11.8 Å². The second kappa shape index (κ2) is 15.5. The van der Waals surface area contributed by atoms with E-state index in [1.807, 2.05) is 6.92 Å². The van der Waals surface area contributed by atoms with Gasteiger partial charge in [0.15, 0.2) is 0 Å². The van der Waals surface area contributed by atoms with Crippen molar-refractivity contribution in [1.29, 1.82) is 0 Å². The van der Waals surface area contributed by atoms with Crippen LogP contribution in [0.1, 0.15) is 127 Å². The fraction of sp³-hybridized carbons (Fsp3) is 0.795. The van der Waals surface area contributed by atoms with Crippen molar-refractivity contribution in [3.05, 3.63) is 24.7 Å². The molecule has 2 aliphatic carbocycles. The number of carbonyl (C=O) groups is 2. The smallest absolute Gasteiger partial charge is 0.243 e. The van der Waals surface area contributed by atoms with Crippen molar-refractivity contribution in [2.75, 3.05) is 13.1 Å². The molecule has 0 aromatic carbocycles. The predicted octanol–water partition coefficient (Wildman–Crippen LogP) is 6.72. The Morgan fingerprint density at radius 1 is 1.02 bits per heavy atom. The Labute approximate surface area is 281 Å². The minimum absolute atomic E-state index is 0.0251. The van der Waals surface area contributed by atoms with E-state index in [-0.39, 0.29) is 52.2 Å². The van der Waals surface area contributed by atoms with E-state index in [1.54, 1.807) is 0 Å². The van der Waals surface area contributed by atoms with Crippen molar-refractivity contribution >= 4 is 11.8 Å². The third-order valence-electron chi connectivity index (χ3n) is 11.5. The zero-order valence-electron chi connectivity index (χ0n) is 30.8. The molecular formula is C39H67N5O2. The van der Waals surface area contributed by atoms with Gasteiger partial charge in [0.05, 0.1) is 11.9 Å². The Morgan fingerprint density at radius 3 is 2.24 bits per heavy atom. The number of hydrogen-bond donors (Lipinski definition) is 4. The lowest BCUT2D eigenvalue weighted by Gasteiger charge is -2.48. The number of piperidine rings is 1. The Balaban J connectivity index is 1.84. The van der Waals surface area contributed by atoms with Crippen LogP contribution in [0.4, 0.5) is 0 Å². The first-order valence-corrected chi connectivity index (χ1v) is 18.2. The number of amides is 2. The molecule has 1 aliphatic heterocycles. The van der Waals surface area contributed by atoms with Gasteiger partial charge in [-0.3, -0.25) is 9.59 Å². The molecule has 260 valence electrons. The summed E-state index contributed by atoms with van der Waals surface area (Å²) >= 11 is 0. The van der Waals surface area contributed by atoms with Gasteiger partial charge in [-0.2, -0.15) is 0 Å². The van der Waals surface area contributed by atoms with Crippen LogP contribution in [-0.2, 0) is 9.59 Å². The maximum absolute atomic E-state index is 14.0. The number of rotatable bonds is 17. The molecule has 3 aliphatic rings. The summed E-state index contributed by atoms with van der Waals surface area (Å²) in [6.45, 7) is 30.6. The van der Waals surface area contributed by atoms with Gasteiger partial charge in [0.1, 0.15) is 6.04 Å². The second-order valence-electron chi connectivity index (χ2n) is 16.8. The predicted molar refractivity (Wildman–Crippen MR) is 191 cm³/mol. The average molecular weight is 638 g/mol. The standard InChI is InChI=1S/C39H67N5O2/c1-13-15-19-27(5)41-36(46)34-33-30(38(33,11)12)25-44(34)28(6)35(39(14-2)22-17-16-18-23-39)43-29(7)42-31(37(8,9)10)20-21-32(45)40-24-26(3)4/h1,26-27,30-31,33-35,42-43H,6-7,14-25H2,2-5,8-12H3,(H,40,45)(H,41,46)/t27?,30-,31?,33-,34?,35?/m0/s1. The van der Waals surface area contributed by atoms with Gasteiger partial charge < -0.3 is 26.2 Å². The highest BCUT2D eigenvalue weighted by atomic mass is 16.2. The summed E-state index contributed by atoms with van der Waals surface area (Å²) in [6, 6.07) is -0.212. The van der Waals surface area contributed by atoms with Crippen LogP contribution in [0.3, 0.4) is 0 Å². The minimum Gasteiger partial charge on any atom is -0.369 e. The Hall–Kier alpha value is -2.62. The lowest BCUT2D eigenvalue weighted by Crippen LogP contribution is -2.56. The number of nitrogens with one attached hydrogen (secondary N) is 4. The van der Waals surface area contributed by atoms with Gasteiger partial charge in [0.25, 0.3) is 0 Å². The van der Waals surface area contributed by atoms with Crippen molar-refractivity contribution < 1.29 is 9.59 Å². The first-order chi connectivity index (χ1) is 21.5. The first-order valence-electron chi connectivity index (χ1n) is 18.2. The van der Waals surface area contributed by atoms with E-state index >= 15 is 0 Å². The lowest BCUT2D eigenvalue weighted by molar-refractivity contribution is -0.127. The molecule has 0 radical (unpaired) electrons. The maximum atomic E-state index is 14.0. The van der Waals surface area contributed by atoms with Gasteiger partial charge in [0, 0.05) is 43.7 Å². The number of nitrogens with zero attached hydrogens (tertiary/aromatic N) is 1. The van der Waals surface area contributed by atoms with Gasteiger partial charge in [-0.25, -0.2) is 0 Å². The van der Waals surface area contributed by atoms with E-state index < -0.39 is 0 Å². The SMILES string of the molecule is C#CCCC(C)NC(=O)C1[C@@H]2[C@H](CN1C(=C)C(NC(=C)NC(CCC(=O)NCC(C)C)C(C)(C)C)C1(CC)CCCCC1)C2(C)C. The van der Waals surface area contributed by atoms with Crippen LogP contribution in [0.25, 0.3) is 0 Å². The zero-order valence-corrected chi connectivity index (χ0v) is 30.8. The largest absolute Gasteiger partial charge is 0.369 e. The average Bonchev–Trinajstić information content (AvgIpc) is 3.30. The number of fused-ring (bicyclic) bond motifs is 1. The Morgan fingerprint density at radius 2 is 1.67 bits per heavy atom. The molecule has 0 aromatic rings. The van der Waals surface area contributed by atoms with Crippen LogP contribution >= 0.6 is 0 Å². The van der Waals surface area contributed by atoms with Crippen molar-refractivity contribution in [3.63, 3.8) is 0 Å². The highest BCUT2D eigenvalue weighted by molar-refractivity contribution is 5.84. The van der Waals surface area contributed by atoms with Crippen LogP contribution in [-0.4, -0.2) is 54.0 Å². The third-order valence-corrected chi connectivity index (χ3v) is 11.5. The second-order valence-corrected chi connectivity index (χ2v) is 16.8. The fourth-order valence-electron chi connectivity index (χ4n) is 8.27. The number of hydrogen-bond acceptors (Lipinski definition) is 5. The first kappa shape index (κ1) is 37.8. The van der Waals surface area contributed by atoms with Crippen LogP contribution < -0.4 is 21.3 Å². The molecule has 4 unspecified atom stereocenters. The molecule has 2 amide bonds. The summed E-state index contributed by atoms with van der Waals surface area (Å²) in [5.41, 5.74) is 1.09. The van der Waals surface area contributed by atoms with Gasteiger partial charge in [-0.1, -0.05) is 87.8 Å². The zero-order chi connectivity index (χ0) is 34.4. The van der Waals surface area contributed by atoms with Crippen molar-refractivity contribution in [1.82, 2.24) is 26.2 Å². The monoisotopic (exact) mass is 638 g/mol. The summed E-state index contributed by atoms with van der Waals surface area (Å²) < 4.78 is 0.